The summed E-state index contributed by atoms with van der Waals surface area (Å²) < 4.78 is 25.4. The normalized spacial score (nSPS) is 22.5. The molecular weight excluding hydrogens is 224 g/mol. The second-order valence-electron chi connectivity index (χ2n) is 4.52. The van der Waals surface area contributed by atoms with Gasteiger partial charge in [-0.05, 0) is 32.2 Å². The minimum Gasteiger partial charge on any atom is -0.314 e. The second kappa shape index (κ2) is 5.29. The quantitative estimate of drug-likeness (QED) is 0.553. The maximum Gasteiger partial charge on any atom is 0.214 e. The van der Waals surface area contributed by atoms with Crippen molar-refractivity contribution in [1.82, 2.24) is 9.62 Å². The number of nitrogens with one attached hydrogen (secondary N) is 1. The third-order valence-electron chi connectivity index (χ3n) is 3.00. The van der Waals surface area contributed by atoms with Crippen LogP contribution in [-0.2, 0) is 10.0 Å². The summed E-state index contributed by atoms with van der Waals surface area (Å²) in [5.41, 5.74) is 0. The van der Waals surface area contributed by atoms with Crippen LogP contribution in [0.25, 0.3) is 0 Å². The molecule has 1 saturated carbocycles. The largest absolute Gasteiger partial charge is 0.314 e. The highest BCUT2D eigenvalue weighted by Crippen LogP contribution is 2.18. The average molecular weight is 244 g/mol. The van der Waals surface area contributed by atoms with Crippen LogP contribution in [0.2, 0.25) is 0 Å². The van der Waals surface area contributed by atoms with Crippen LogP contribution in [0.4, 0.5) is 0 Å². The summed E-state index contributed by atoms with van der Waals surface area (Å²) in [7, 11) is -3.02. The lowest BCUT2D eigenvalue weighted by molar-refractivity contribution is 0.436. The maximum absolute atomic E-state index is 11.9. The number of hydrogen-bond donors (Lipinski definition) is 1. The summed E-state index contributed by atoms with van der Waals surface area (Å²) in [6, 6.07) is 0.667. The monoisotopic (exact) mass is 244 g/mol. The highest BCUT2D eigenvalue weighted by molar-refractivity contribution is 7.89. The van der Waals surface area contributed by atoms with Crippen LogP contribution in [0.3, 0.4) is 0 Å². The Morgan fingerprint density at radius 3 is 2.75 bits per heavy atom. The van der Waals surface area contributed by atoms with Crippen LogP contribution >= 0.6 is 0 Å². The zero-order valence-corrected chi connectivity index (χ0v) is 10.4. The molecule has 2 rings (SSSR count). The summed E-state index contributed by atoms with van der Waals surface area (Å²) in [5.74, 6) is 0.278. The highest BCUT2D eigenvalue weighted by atomic mass is 32.2. The number of sulfonamides is 1. The van der Waals surface area contributed by atoms with Crippen molar-refractivity contribution >= 4 is 10.0 Å². The number of rotatable bonds is 6. The fraction of sp³-hybridized carbons (Fsp3) is 0.818. The molecule has 1 aliphatic carbocycles. The van der Waals surface area contributed by atoms with E-state index in [-0.39, 0.29) is 5.75 Å². The van der Waals surface area contributed by atoms with Crippen molar-refractivity contribution < 1.29 is 8.42 Å². The lowest BCUT2D eigenvalue weighted by atomic mass is 10.3. The zero-order chi connectivity index (χ0) is 11.4. The van der Waals surface area contributed by atoms with Gasteiger partial charge in [0.2, 0.25) is 10.0 Å². The molecular formula is C11H20N2O2S. The molecule has 5 heteroatoms. The number of hydrogen-bond acceptors (Lipinski definition) is 3. The lowest BCUT2D eigenvalue weighted by Crippen LogP contribution is -2.36. The second-order valence-corrected chi connectivity index (χ2v) is 6.60. The Balaban J connectivity index is 1.70. The van der Waals surface area contributed by atoms with E-state index in [9.17, 15) is 8.42 Å². The van der Waals surface area contributed by atoms with Gasteiger partial charge < -0.3 is 5.32 Å². The summed E-state index contributed by atoms with van der Waals surface area (Å²) >= 11 is 0. The summed E-state index contributed by atoms with van der Waals surface area (Å²) in [5, 5.41) is 3.34. The summed E-state index contributed by atoms with van der Waals surface area (Å²) in [6.45, 7) is 2.03. The summed E-state index contributed by atoms with van der Waals surface area (Å²) in [6.07, 6.45) is 8.05. The standard InChI is InChI=1S/C11H20N2O2S/c14-16(15,13-8-2-1-3-9-13)10-4-7-12-11-5-6-11/h1-2,11-12H,3-10H2. The molecule has 2 aliphatic rings. The molecule has 92 valence electrons. The Hall–Kier alpha value is -0.390. The predicted octanol–water partition coefficient (Wildman–Crippen LogP) is 0.720. The van der Waals surface area contributed by atoms with E-state index < -0.39 is 10.0 Å². The first-order valence-electron chi connectivity index (χ1n) is 6.05. The van der Waals surface area contributed by atoms with Crippen molar-refractivity contribution in [2.45, 2.75) is 31.7 Å². The summed E-state index contributed by atoms with van der Waals surface area (Å²) in [4.78, 5) is 0. The van der Waals surface area contributed by atoms with Gasteiger partial charge in [-0.1, -0.05) is 12.2 Å². The minimum atomic E-state index is -3.02. The zero-order valence-electron chi connectivity index (χ0n) is 9.56. The Labute approximate surface area is 97.8 Å². The molecule has 1 heterocycles. The first-order chi connectivity index (χ1) is 7.68. The van der Waals surface area contributed by atoms with E-state index in [4.69, 9.17) is 0 Å². The van der Waals surface area contributed by atoms with Gasteiger partial charge >= 0.3 is 0 Å². The van der Waals surface area contributed by atoms with Crippen LogP contribution in [0.15, 0.2) is 12.2 Å². The molecule has 0 saturated heterocycles. The molecule has 16 heavy (non-hydrogen) atoms. The number of nitrogens with zero attached hydrogens (tertiary/aromatic N) is 1. The van der Waals surface area contributed by atoms with Gasteiger partial charge in [0, 0.05) is 19.1 Å². The van der Waals surface area contributed by atoms with Crippen molar-refractivity contribution in [1.29, 1.82) is 0 Å². The molecule has 1 N–H and O–H groups in total. The Bertz CT molecular complexity index is 347. The fourth-order valence-corrected chi connectivity index (χ4v) is 3.31. The van der Waals surface area contributed by atoms with Crippen LogP contribution in [0.5, 0.6) is 0 Å². The Morgan fingerprint density at radius 1 is 1.31 bits per heavy atom. The molecule has 0 radical (unpaired) electrons. The molecule has 0 bridgehead atoms. The van der Waals surface area contributed by atoms with Crippen LogP contribution < -0.4 is 5.32 Å². The highest BCUT2D eigenvalue weighted by Gasteiger charge is 2.23. The SMILES string of the molecule is O=S(=O)(CCCNC1CC1)N1CC=CCC1. The lowest BCUT2D eigenvalue weighted by Gasteiger charge is -2.22. The van der Waals surface area contributed by atoms with Crippen molar-refractivity contribution in [3.8, 4) is 0 Å². The van der Waals surface area contributed by atoms with Crippen molar-refractivity contribution in [2.75, 3.05) is 25.4 Å². The molecule has 1 aliphatic heterocycles. The van der Waals surface area contributed by atoms with Gasteiger partial charge in [0.25, 0.3) is 0 Å². The van der Waals surface area contributed by atoms with Gasteiger partial charge in [0.05, 0.1) is 5.75 Å². The minimum absolute atomic E-state index is 0.278. The molecule has 0 aromatic carbocycles. The Morgan fingerprint density at radius 2 is 2.12 bits per heavy atom. The first-order valence-corrected chi connectivity index (χ1v) is 7.65. The Kier molecular flexibility index (Phi) is 4.00. The van der Waals surface area contributed by atoms with E-state index in [2.05, 4.69) is 5.32 Å². The predicted molar refractivity (Wildman–Crippen MR) is 64.8 cm³/mol. The molecule has 0 amide bonds. The van der Waals surface area contributed by atoms with Crippen LogP contribution in [0, 0.1) is 0 Å². The van der Waals surface area contributed by atoms with Gasteiger partial charge in [0.15, 0.2) is 0 Å². The third-order valence-corrected chi connectivity index (χ3v) is 4.93. The van der Waals surface area contributed by atoms with E-state index in [1.165, 1.54) is 12.8 Å². The van der Waals surface area contributed by atoms with Gasteiger partial charge in [-0.15, -0.1) is 0 Å². The van der Waals surface area contributed by atoms with E-state index in [1.807, 2.05) is 12.2 Å². The third kappa shape index (κ3) is 3.57. The van der Waals surface area contributed by atoms with E-state index in [0.717, 1.165) is 19.4 Å². The first kappa shape index (κ1) is 12.1. The van der Waals surface area contributed by atoms with Crippen molar-refractivity contribution in [3.05, 3.63) is 12.2 Å². The molecule has 0 aromatic heterocycles. The van der Waals surface area contributed by atoms with Crippen LogP contribution in [-0.4, -0.2) is 44.2 Å². The van der Waals surface area contributed by atoms with E-state index >= 15 is 0 Å². The maximum atomic E-state index is 11.9. The van der Waals surface area contributed by atoms with Gasteiger partial charge in [0.1, 0.15) is 0 Å². The van der Waals surface area contributed by atoms with Gasteiger partial charge in [-0.3, -0.25) is 0 Å². The molecule has 4 nitrogen and oxygen atoms in total. The van der Waals surface area contributed by atoms with Crippen LogP contribution in [0.1, 0.15) is 25.7 Å². The molecule has 0 aromatic rings. The van der Waals surface area contributed by atoms with Crippen molar-refractivity contribution in [3.63, 3.8) is 0 Å². The van der Waals surface area contributed by atoms with Gasteiger partial charge in [-0.2, -0.15) is 4.31 Å². The van der Waals surface area contributed by atoms with E-state index in [1.54, 1.807) is 4.31 Å². The van der Waals surface area contributed by atoms with E-state index in [0.29, 0.717) is 19.1 Å². The molecule has 1 fully saturated rings. The topological polar surface area (TPSA) is 49.4 Å². The molecule has 0 atom stereocenters. The fourth-order valence-electron chi connectivity index (χ4n) is 1.85. The smallest absolute Gasteiger partial charge is 0.214 e. The molecule has 0 unspecified atom stereocenters. The molecule has 0 spiro atoms. The average Bonchev–Trinajstić information content (AvgIpc) is 3.10. The van der Waals surface area contributed by atoms with Gasteiger partial charge in [-0.25, -0.2) is 8.42 Å². The van der Waals surface area contributed by atoms with Crippen molar-refractivity contribution in [2.24, 2.45) is 0 Å².